The van der Waals surface area contributed by atoms with Crippen LogP contribution in [0.5, 0.6) is 0 Å². The highest BCUT2D eigenvalue weighted by atomic mass is 79.9. The Morgan fingerprint density at radius 1 is 1.24 bits per heavy atom. The van der Waals surface area contributed by atoms with Crippen LogP contribution in [0.1, 0.15) is 22.9 Å². The summed E-state index contributed by atoms with van der Waals surface area (Å²) < 4.78 is 20.4. The molecule has 3 aromatic rings. The van der Waals surface area contributed by atoms with E-state index in [4.69, 9.17) is 10.3 Å². The minimum Gasteiger partial charge on any atom is -0.456 e. The van der Waals surface area contributed by atoms with Crippen molar-refractivity contribution < 1.29 is 8.81 Å². The van der Waals surface area contributed by atoms with Crippen LogP contribution in [-0.2, 0) is 0 Å². The van der Waals surface area contributed by atoms with E-state index in [9.17, 15) is 4.39 Å². The molecule has 0 fully saturated rings. The molecule has 0 aliphatic rings. The fourth-order valence-corrected chi connectivity index (χ4v) is 2.95. The van der Waals surface area contributed by atoms with Gasteiger partial charge in [-0.3, -0.25) is 5.84 Å². The van der Waals surface area contributed by atoms with E-state index in [1.54, 1.807) is 6.07 Å². The Labute approximate surface area is 130 Å². The predicted molar refractivity (Wildman–Crippen MR) is 84.2 cm³/mol. The van der Waals surface area contributed by atoms with Crippen LogP contribution in [0.4, 0.5) is 4.39 Å². The van der Waals surface area contributed by atoms with E-state index in [1.165, 1.54) is 6.07 Å². The number of fused-ring (bicyclic) bond motifs is 1. The third-order valence-corrected chi connectivity index (χ3v) is 4.00. The molecule has 21 heavy (non-hydrogen) atoms. The maximum atomic E-state index is 13.7. The van der Waals surface area contributed by atoms with Crippen molar-refractivity contribution in [2.45, 2.75) is 13.0 Å². The second kappa shape index (κ2) is 5.60. The highest BCUT2D eigenvalue weighted by Gasteiger charge is 2.20. The zero-order chi connectivity index (χ0) is 15.0. The maximum Gasteiger partial charge on any atom is 0.169 e. The lowest BCUT2D eigenvalue weighted by Gasteiger charge is -2.16. The van der Waals surface area contributed by atoms with E-state index in [0.29, 0.717) is 5.76 Å². The molecular formula is C16H14BrFN2O. The number of para-hydroxylation sites is 1. The summed E-state index contributed by atoms with van der Waals surface area (Å²) in [4.78, 5) is 0. The summed E-state index contributed by atoms with van der Waals surface area (Å²) in [6, 6.07) is 12.2. The molecule has 3 rings (SSSR count). The summed E-state index contributed by atoms with van der Waals surface area (Å²) in [5.41, 5.74) is 5.05. The zero-order valence-corrected chi connectivity index (χ0v) is 12.9. The second-order valence-electron chi connectivity index (χ2n) is 4.91. The molecule has 1 unspecified atom stereocenters. The van der Waals surface area contributed by atoms with Crippen molar-refractivity contribution in [1.29, 1.82) is 0 Å². The zero-order valence-electron chi connectivity index (χ0n) is 11.4. The summed E-state index contributed by atoms with van der Waals surface area (Å²) in [5.74, 6) is 5.90. The Kier molecular flexibility index (Phi) is 3.80. The minimum atomic E-state index is -0.373. The number of hydrogen-bond acceptors (Lipinski definition) is 3. The topological polar surface area (TPSA) is 51.2 Å². The molecule has 5 heteroatoms. The summed E-state index contributed by atoms with van der Waals surface area (Å²) >= 11 is 3.44. The third kappa shape index (κ3) is 2.60. The molecule has 3 nitrogen and oxygen atoms in total. The Balaban J connectivity index is 2.11. The van der Waals surface area contributed by atoms with E-state index in [1.807, 2.05) is 37.3 Å². The summed E-state index contributed by atoms with van der Waals surface area (Å²) in [5, 5.41) is 0.722. The predicted octanol–water partition coefficient (Wildman–Crippen LogP) is 4.20. The van der Waals surface area contributed by atoms with E-state index in [0.717, 1.165) is 21.0 Å². The molecule has 0 aliphatic heterocycles. The van der Waals surface area contributed by atoms with Gasteiger partial charge >= 0.3 is 0 Å². The van der Waals surface area contributed by atoms with Crippen LogP contribution in [0.2, 0.25) is 0 Å². The number of nitrogens with one attached hydrogen (secondary N) is 1. The van der Waals surface area contributed by atoms with Crippen molar-refractivity contribution in [3.05, 3.63) is 69.6 Å². The first-order valence-corrected chi connectivity index (χ1v) is 7.29. The fraction of sp³-hybridized carbons (Fsp3) is 0.125. The van der Waals surface area contributed by atoms with Gasteiger partial charge in [0.2, 0.25) is 0 Å². The van der Waals surface area contributed by atoms with E-state index in [-0.39, 0.29) is 17.4 Å². The summed E-state index contributed by atoms with van der Waals surface area (Å²) in [7, 11) is 0. The van der Waals surface area contributed by atoms with Crippen molar-refractivity contribution >= 4 is 26.9 Å². The molecule has 0 spiro atoms. The average molecular weight is 349 g/mol. The molecule has 0 bridgehead atoms. The van der Waals surface area contributed by atoms with Crippen molar-refractivity contribution in [3.63, 3.8) is 0 Å². The van der Waals surface area contributed by atoms with Crippen molar-refractivity contribution in [3.8, 4) is 0 Å². The Morgan fingerprint density at radius 2 is 2.05 bits per heavy atom. The number of aryl methyl sites for hydroxylation is 1. The van der Waals surface area contributed by atoms with Gasteiger partial charge in [-0.2, -0.15) is 0 Å². The molecular weight excluding hydrogens is 335 g/mol. The van der Waals surface area contributed by atoms with Gasteiger partial charge in [-0.15, -0.1) is 0 Å². The van der Waals surface area contributed by atoms with Gasteiger partial charge in [0.1, 0.15) is 11.8 Å². The average Bonchev–Trinajstić information content (AvgIpc) is 2.87. The van der Waals surface area contributed by atoms with E-state index < -0.39 is 0 Å². The van der Waals surface area contributed by atoms with Crippen LogP contribution in [0.3, 0.4) is 0 Å². The van der Waals surface area contributed by atoms with Crippen molar-refractivity contribution in [1.82, 2.24) is 5.43 Å². The van der Waals surface area contributed by atoms with Gasteiger partial charge in [0.05, 0.1) is 0 Å². The van der Waals surface area contributed by atoms with Gasteiger partial charge < -0.3 is 4.42 Å². The second-order valence-corrected chi connectivity index (χ2v) is 5.82. The lowest BCUT2D eigenvalue weighted by atomic mass is 10.00. The molecule has 3 N–H and O–H groups in total. The normalized spacial score (nSPS) is 12.8. The molecule has 1 atom stereocenters. The van der Waals surface area contributed by atoms with Gasteiger partial charge in [-0.1, -0.05) is 34.1 Å². The fourth-order valence-electron chi connectivity index (χ4n) is 2.48. The van der Waals surface area contributed by atoms with Gasteiger partial charge in [-0.05, 0) is 42.3 Å². The number of halogens is 2. The Hall–Kier alpha value is -1.69. The highest BCUT2D eigenvalue weighted by Crippen LogP contribution is 2.31. The number of hydrogen-bond donors (Lipinski definition) is 2. The standard InChI is InChI=1S/C16H14BrFN2O/c1-9-7-11(17)5-6-12(9)15(20-19)14-8-10-3-2-4-13(18)16(10)21-14/h2-8,15,20H,19H2,1H3. The first kappa shape index (κ1) is 14.3. The molecule has 0 saturated heterocycles. The first-order valence-electron chi connectivity index (χ1n) is 6.50. The number of rotatable bonds is 3. The maximum absolute atomic E-state index is 13.7. The monoisotopic (exact) mass is 348 g/mol. The van der Waals surface area contributed by atoms with Crippen LogP contribution in [0.25, 0.3) is 11.0 Å². The number of benzene rings is 2. The third-order valence-electron chi connectivity index (χ3n) is 3.51. The number of furan rings is 1. The van der Waals surface area contributed by atoms with Gasteiger partial charge in [0.25, 0.3) is 0 Å². The van der Waals surface area contributed by atoms with Gasteiger partial charge in [-0.25, -0.2) is 9.82 Å². The first-order chi connectivity index (χ1) is 10.1. The van der Waals surface area contributed by atoms with Gasteiger partial charge in [0, 0.05) is 9.86 Å². The lowest BCUT2D eigenvalue weighted by molar-refractivity contribution is 0.464. The van der Waals surface area contributed by atoms with E-state index in [2.05, 4.69) is 21.4 Å². The molecule has 0 saturated carbocycles. The van der Waals surface area contributed by atoms with Crippen LogP contribution in [0.15, 0.2) is 51.4 Å². The van der Waals surface area contributed by atoms with Crippen LogP contribution in [-0.4, -0.2) is 0 Å². The molecule has 2 aromatic carbocycles. The van der Waals surface area contributed by atoms with Crippen LogP contribution in [0, 0.1) is 12.7 Å². The molecule has 0 amide bonds. The molecule has 0 aliphatic carbocycles. The number of nitrogens with two attached hydrogens (primary N) is 1. The Morgan fingerprint density at radius 3 is 2.71 bits per heavy atom. The van der Waals surface area contributed by atoms with Gasteiger partial charge in [0.15, 0.2) is 11.4 Å². The lowest BCUT2D eigenvalue weighted by Crippen LogP contribution is -2.29. The van der Waals surface area contributed by atoms with Crippen molar-refractivity contribution in [2.75, 3.05) is 0 Å². The molecule has 108 valence electrons. The molecule has 1 aromatic heterocycles. The SMILES string of the molecule is Cc1cc(Br)ccc1C(NN)c1cc2cccc(F)c2o1. The number of hydrazine groups is 1. The van der Waals surface area contributed by atoms with E-state index >= 15 is 0 Å². The summed E-state index contributed by atoms with van der Waals surface area (Å²) in [6.45, 7) is 1.99. The largest absolute Gasteiger partial charge is 0.456 e. The van der Waals surface area contributed by atoms with Crippen LogP contribution >= 0.6 is 15.9 Å². The quantitative estimate of drug-likeness (QED) is 0.551. The smallest absolute Gasteiger partial charge is 0.169 e. The van der Waals surface area contributed by atoms with Crippen molar-refractivity contribution in [2.24, 2.45) is 5.84 Å². The Bertz CT molecular complexity index is 800. The molecule has 0 radical (unpaired) electrons. The van der Waals surface area contributed by atoms with Crippen LogP contribution < -0.4 is 11.3 Å². The summed E-state index contributed by atoms with van der Waals surface area (Å²) in [6.07, 6.45) is 0. The minimum absolute atomic E-state index is 0.252. The molecule has 1 heterocycles. The highest BCUT2D eigenvalue weighted by molar-refractivity contribution is 9.10.